The molecule has 0 spiro atoms. The number of alkyl halides is 3. The third kappa shape index (κ3) is 32.5. The summed E-state index contributed by atoms with van der Waals surface area (Å²) in [6.07, 6.45) is 17.8. The first-order chi connectivity index (χ1) is 23.5. The second-order valence-corrected chi connectivity index (χ2v) is 14.6. The van der Waals surface area contributed by atoms with E-state index in [1.807, 2.05) is 0 Å². The molecule has 300 valence electrons. The second kappa shape index (κ2) is 32.3. The molecule has 0 aliphatic rings. The molecule has 0 aliphatic heterocycles. The van der Waals surface area contributed by atoms with Crippen LogP contribution in [0.4, 0.5) is 13.2 Å². The molecule has 7 nitrogen and oxygen atoms in total. The van der Waals surface area contributed by atoms with Gasteiger partial charge in [-0.1, -0.05) is 107 Å². The fraction of sp³-hybridized carbons (Fsp3) is 0.846. The van der Waals surface area contributed by atoms with Crippen LogP contribution >= 0.6 is 0 Å². The smallest absolute Gasteiger partial charge is 0.416 e. The minimum atomic E-state index is -5.17. The van der Waals surface area contributed by atoms with Gasteiger partial charge >= 0.3 is 6.18 Å². The monoisotopic (exact) mass is 743 g/mol. The zero-order valence-corrected chi connectivity index (χ0v) is 34.1. The lowest BCUT2D eigenvalue weighted by Gasteiger charge is -2.39. The van der Waals surface area contributed by atoms with Crippen molar-refractivity contribution in [1.29, 1.82) is 0 Å². The van der Waals surface area contributed by atoms with Gasteiger partial charge in [0.2, 0.25) is 0 Å². The number of benzene rings is 1. The summed E-state index contributed by atoms with van der Waals surface area (Å²) in [7, 11) is -5.17. The molecular weight excluding hydrogens is 665 g/mol. The Morgan fingerprint density at radius 1 is 0.500 bits per heavy atom. The molecule has 0 aliphatic carbocycles. The number of unbranched alkanes of at least 4 members (excludes halogenated alkanes) is 8. The average molecular weight is 743 g/mol. The van der Waals surface area contributed by atoms with Crippen molar-refractivity contribution in [2.45, 2.75) is 164 Å². The normalized spacial score (nSPS) is 11.9. The van der Waals surface area contributed by atoms with Gasteiger partial charge in [-0.2, -0.15) is 13.2 Å². The molecule has 11 heteroatoms. The first-order valence-electron chi connectivity index (χ1n) is 19.7. The molecule has 50 heavy (non-hydrogen) atoms. The summed E-state index contributed by atoms with van der Waals surface area (Å²) in [6, 6.07) is 3.66. The van der Waals surface area contributed by atoms with Gasteiger partial charge in [0.05, 0.1) is 57.9 Å². The number of aromatic hydroxyl groups is 1. The predicted molar refractivity (Wildman–Crippen MR) is 202 cm³/mol. The van der Waals surface area contributed by atoms with Crippen molar-refractivity contribution in [2.75, 3.05) is 52.4 Å². The number of halogens is 3. The molecular formula is C39H77F3N2O5S. The van der Waals surface area contributed by atoms with E-state index in [1.54, 1.807) is 0 Å². The first-order valence-corrected chi connectivity index (χ1v) is 21.0. The number of rotatable bonds is 24. The molecule has 0 amide bonds. The van der Waals surface area contributed by atoms with E-state index >= 15 is 0 Å². The van der Waals surface area contributed by atoms with Crippen molar-refractivity contribution in [2.24, 2.45) is 0 Å². The summed E-state index contributed by atoms with van der Waals surface area (Å²) in [5, 5.41) is 8.66. The van der Waals surface area contributed by atoms with E-state index in [0.29, 0.717) is 0 Å². The van der Waals surface area contributed by atoms with Gasteiger partial charge in [0, 0.05) is 10.4 Å². The minimum Gasteiger partial charge on any atom is -0.759 e. The van der Waals surface area contributed by atoms with Crippen LogP contribution in [0.1, 0.15) is 164 Å². The van der Waals surface area contributed by atoms with Gasteiger partial charge in [0.25, 0.3) is 0 Å². The van der Waals surface area contributed by atoms with Crippen molar-refractivity contribution in [3.8, 4) is 5.75 Å². The van der Waals surface area contributed by atoms with Crippen LogP contribution in [0.5, 0.6) is 5.75 Å². The van der Waals surface area contributed by atoms with Crippen molar-refractivity contribution < 1.29 is 44.8 Å². The third-order valence-electron chi connectivity index (χ3n) is 9.08. The van der Waals surface area contributed by atoms with Crippen LogP contribution in [0.15, 0.2) is 24.3 Å². The second-order valence-electron chi connectivity index (χ2n) is 13.8. The van der Waals surface area contributed by atoms with Gasteiger partial charge < -0.3 is 23.2 Å². The van der Waals surface area contributed by atoms with E-state index in [9.17, 15) is 13.2 Å². The third-order valence-corrected chi connectivity index (χ3v) is 9.08. The Hall–Kier alpha value is -1.40. The lowest BCUT2D eigenvalue weighted by molar-refractivity contribution is -0.929. The standard InChI is InChI=1S/2C16H36N.C7H5F3O.H2O4S/c2*1-5-9-13-17(14-10-6-2,15-11-7-3)16-12-8-4;8-7(9,10)5-1-3-6(11)4-2-5;1-5(2,3)4/h2*5-16H2,1-4H3;1-4,11H;(H2,1,2,3,4)/q2*+1;;/p-2. The summed E-state index contributed by atoms with van der Waals surface area (Å²) in [4.78, 5) is 0. The summed E-state index contributed by atoms with van der Waals surface area (Å²) in [5.74, 6) is -0.169. The van der Waals surface area contributed by atoms with Crippen molar-refractivity contribution in [3.63, 3.8) is 0 Å². The van der Waals surface area contributed by atoms with E-state index in [1.165, 1.54) is 164 Å². The van der Waals surface area contributed by atoms with Gasteiger partial charge in [-0.25, -0.2) is 0 Å². The Bertz CT molecular complexity index is 858. The van der Waals surface area contributed by atoms with E-state index in [2.05, 4.69) is 55.4 Å². The van der Waals surface area contributed by atoms with Crippen LogP contribution in [0.25, 0.3) is 0 Å². The summed E-state index contributed by atoms with van der Waals surface area (Å²) in [5.41, 5.74) is -0.754. The molecule has 1 N–H and O–H groups in total. The van der Waals surface area contributed by atoms with Gasteiger partial charge in [-0.3, -0.25) is 8.42 Å². The van der Waals surface area contributed by atoms with Gasteiger partial charge in [0.1, 0.15) is 5.75 Å². The Labute approximate surface area is 306 Å². The topological polar surface area (TPSA) is 100 Å². The molecule has 0 heterocycles. The number of phenols is 1. The Morgan fingerprint density at radius 3 is 0.820 bits per heavy atom. The highest BCUT2D eigenvalue weighted by atomic mass is 32.3. The number of quaternary nitrogens is 2. The molecule has 0 saturated carbocycles. The van der Waals surface area contributed by atoms with Crippen LogP contribution in [0, 0.1) is 0 Å². The Balaban J connectivity index is -0.000000630. The summed E-state index contributed by atoms with van der Waals surface area (Å²) >= 11 is 0. The molecule has 0 unspecified atom stereocenters. The van der Waals surface area contributed by atoms with Gasteiger partial charge in [-0.05, 0) is 75.6 Å². The highest BCUT2D eigenvalue weighted by molar-refractivity contribution is 7.79. The Kier molecular flexibility index (Phi) is 34.2. The lowest BCUT2D eigenvalue weighted by atomic mass is 10.1. The predicted octanol–water partition coefficient (Wildman–Crippen LogP) is 11.1. The molecule has 1 aromatic carbocycles. The quantitative estimate of drug-likeness (QED) is 0.0646. The summed E-state index contributed by atoms with van der Waals surface area (Å²) < 4.78 is 72.4. The molecule has 0 fully saturated rings. The molecule has 0 radical (unpaired) electrons. The first kappa shape index (κ1) is 53.0. The highest BCUT2D eigenvalue weighted by Crippen LogP contribution is 2.29. The molecule has 0 saturated heterocycles. The SMILES string of the molecule is CCCC[N+](CCCC)(CCCC)CCCC.CCCC[N+](CCCC)(CCCC)CCCC.O=S(=O)([O-])[O-].Oc1ccc(C(F)(F)F)cc1. The van der Waals surface area contributed by atoms with Gasteiger partial charge in [0.15, 0.2) is 0 Å². The van der Waals surface area contributed by atoms with Crippen molar-refractivity contribution >= 4 is 10.4 Å². The molecule has 0 aromatic heterocycles. The van der Waals surface area contributed by atoms with Crippen LogP contribution in [0.2, 0.25) is 0 Å². The number of hydrogen-bond acceptors (Lipinski definition) is 5. The van der Waals surface area contributed by atoms with Crippen molar-refractivity contribution in [3.05, 3.63) is 29.8 Å². The molecule has 1 rings (SSSR count). The van der Waals surface area contributed by atoms with Gasteiger partial charge in [-0.15, -0.1) is 0 Å². The van der Waals surface area contributed by atoms with E-state index in [-0.39, 0.29) is 5.75 Å². The maximum atomic E-state index is 11.8. The fourth-order valence-electron chi connectivity index (χ4n) is 5.94. The zero-order valence-electron chi connectivity index (χ0n) is 33.3. The average Bonchev–Trinajstić information content (AvgIpc) is 3.06. The molecule has 0 bridgehead atoms. The van der Waals surface area contributed by atoms with Crippen LogP contribution in [0.3, 0.4) is 0 Å². The number of hydrogen-bond donors (Lipinski definition) is 1. The number of nitrogens with zero attached hydrogens (tertiary/aromatic N) is 2. The van der Waals surface area contributed by atoms with E-state index in [0.717, 1.165) is 24.3 Å². The number of phenolic OH excluding ortho intramolecular Hbond substituents is 1. The minimum absolute atomic E-state index is 0.169. The largest absolute Gasteiger partial charge is 0.759 e. The fourth-order valence-corrected chi connectivity index (χ4v) is 5.94. The van der Waals surface area contributed by atoms with E-state index in [4.69, 9.17) is 22.6 Å². The molecule has 0 atom stereocenters. The highest BCUT2D eigenvalue weighted by Gasteiger charge is 2.30. The summed E-state index contributed by atoms with van der Waals surface area (Å²) in [6.45, 7) is 30.0. The van der Waals surface area contributed by atoms with Crippen LogP contribution < -0.4 is 0 Å². The van der Waals surface area contributed by atoms with E-state index < -0.39 is 22.1 Å². The Morgan fingerprint density at radius 2 is 0.680 bits per heavy atom. The van der Waals surface area contributed by atoms with Crippen LogP contribution in [-0.2, 0) is 16.6 Å². The van der Waals surface area contributed by atoms with Crippen LogP contribution in [-0.4, -0.2) is 84.0 Å². The van der Waals surface area contributed by atoms with Crippen molar-refractivity contribution in [1.82, 2.24) is 0 Å². The zero-order chi connectivity index (χ0) is 39.0. The lowest BCUT2D eigenvalue weighted by Crippen LogP contribution is -2.50. The maximum Gasteiger partial charge on any atom is 0.416 e. The molecule has 1 aromatic rings. The maximum absolute atomic E-state index is 11.8.